The fraction of sp³-hybridized carbons (Fsp3) is 0.250. The van der Waals surface area contributed by atoms with Gasteiger partial charge in [-0.2, -0.15) is 0 Å². The minimum Gasteiger partial charge on any atom is -0.490 e. The van der Waals surface area contributed by atoms with Gasteiger partial charge in [-0.3, -0.25) is 0 Å². The van der Waals surface area contributed by atoms with Crippen LogP contribution in [0.4, 0.5) is 4.39 Å². The van der Waals surface area contributed by atoms with Crippen molar-refractivity contribution in [1.29, 1.82) is 0 Å². The van der Waals surface area contributed by atoms with Crippen molar-refractivity contribution in [3.8, 4) is 11.5 Å². The smallest absolute Gasteiger partial charge is 0.161 e. The number of benzene rings is 2. The van der Waals surface area contributed by atoms with Gasteiger partial charge in [0.05, 0.1) is 13.2 Å². The highest BCUT2D eigenvalue weighted by atomic mass is 35.5. The molecule has 2 aromatic carbocycles. The molecule has 1 N–H and O–H groups in total. The predicted octanol–water partition coefficient (Wildman–Crippen LogP) is 3.72. The highest BCUT2D eigenvalue weighted by Gasteiger charge is 2.18. The third kappa shape index (κ3) is 2.96. The summed E-state index contributed by atoms with van der Waals surface area (Å²) in [5, 5.41) is 10.6. The van der Waals surface area contributed by atoms with Crippen molar-refractivity contribution in [3.63, 3.8) is 0 Å². The van der Waals surface area contributed by atoms with Crippen LogP contribution in [0.3, 0.4) is 0 Å². The second kappa shape index (κ2) is 5.92. The molecular formula is C16H14ClFO3. The Balaban J connectivity index is 1.94. The lowest BCUT2D eigenvalue weighted by Gasteiger charge is -2.15. The van der Waals surface area contributed by atoms with E-state index in [1.54, 1.807) is 24.3 Å². The second-order valence-electron chi connectivity index (χ2n) is 4.83. The van der Waals surface area contributed by atoms with Crippen molar-refractivity contribution in [2.75, 3.05) is 13.2 Å². The summed E-state index contributed by atoms with van der Waals surface area (Å²) in [5.41, 5.74) is 0.717. The molecule has 0 amide bonds. The molecule has 3 nitrogen and oxygen atoms in total. The fourth-order valence-electron chi connectivity index (χ4n) is 2.25. The Morgan fingerprint density at radius 2 is 1.81 bits per heavy atom. The quantitative estimate of drug-likeness (QED) is 0.919. The summed E-state index contributed by atoms with van der Waals surface area (Å²) in [5.74, 6) is 0.667. The monoisotopic (exact) mass is 308 g/mol. The number of aliphatic hydroxyl groups excluding tert-OH is 1. The van der Waals surface area contributed by atoms with E-state index in [-0.39, 0.29) is 5.56 Å². The lowest BCUT2D eigenvalue weighted by atomic mass is 10.0. The number of fused-ring (bicyclic) bond motifs is 1. The Morgan fingerprint density at radius 3 is 2.57 bits per heavy atom. The third-order valence-corrected chi connectivity index (χ3v) is 3.58. The lowest BCUT2D eigenvalue weighted by molar-refractivity contribution is 0.214. The van der Waals surface area contributed by atoms with Crippen LogP contribution in [0.5, 0.6) is 11.5 Å². The second-order valence-corrected chi connectivity index (χ2v) is 5.26. The number of halogens is 2. The van der Waals surface area contributed by atoms with E-state index in [0.717, 1.165) is 6.42 Å². The van der Waals surface area contributed by atoms with Crippen LogP contribution >= 0.6 is 11.6 Å². The van der Waals surface area contributed by atoms with Crippen molar-refractivity contribution < 1.29 is 19.0 Å². The average molecular weight is 309 g/mol. The molecule has 0 saturated carbocycles. The summed E-state index contributed by atoms with van der Waals surface area (Å²) < 4.78 is 25.0. The molecule has 2 aromatic rings. The van der Waals surface area contributed by atoms with Gasteiger partial charge in [0.15, 0.2) is 11.5 Å². The molecule has 21 heavy (non-hydrogen) atoms. The lowest BCUT2D eigenvalue weighted by Crippen LogP contribution is -2.03. The van der Waals surface area contributed by atoms with Gasteiger partial charge in [-0.05, 0) is 29.8 Å². The van der Waals surface area contributed by atoms with Crippen LogP contribution in [0.1, 0.15) is 23.7 Å². The number of rotatable bonds is 2. The van der Waals surface area contributed by atoms with Gasteiger partial charge < -0.3 is 14.6 Å². The first kappa shape index (κ1) is 14.2. The number of hydrogen-bond donors (Lipinski definition) is 1. The summed E-state index contributed by atoms with van der Waals surface area (Å²) in [6.45, 7) is 1.16. The van der Waals surface area contributed by atoms with Crippen molar-refractivity contribution in [2.24, 2.45) is 0 Å². The highest BCUT2D eigenvalue weighted by Crippen LogP contribution is 2.34. The minimum absolute atomic E-state index is 0.175. The summed E-state index contributed by atoms with van der Waals surface area (Å²) in [6, 6.07) is 9.32. The SMILES string of the molecule is OC(c1ccc2c(c1)OCCCO2)c1ccc(Cl)cc1F. The first-order valence-corrected chi connectivity index (χ1v) is 7.05. The van der Waals surface area contributed by atoms with Crippen molar-refractivity contribution >= 4 is 11.6 Å². The maximum Gasteiger partial charge on any atom is 0.161 e. The summed E-state index contributed by atoms with van der Waals surface area (Å²) >= 11 is 5.72. The van der Waals surface area contributed by atoms with E-state index < -0.39 is 11.9 Å². The van der Waals surface area contributed by atoms with E-state index >= 15 is 0 Å². The zero-order valence-electron chi connectivity index (χ0n) is 11.2. The van der Waals surface area contributed by atoms with Crippen LogP contribution in [0.15, 0.2) is 36.4 Å². The zero-order chi connectivity index (χ0) is 14.8. The van der Waals surface area contributed by atoms with Gasteiger partial charge in [0.25, 0.3) is 0 Å². The van der Waals surface area contributed by atoms with Gasteiger partial charge in [0.1, 0.15) is 11.9 Å². The van der Waals surface area contributed by atoms with Crippen LogP contribution in [0, 0.1) is 5.82 Å². The Bertz CT molecular complexity index is 660. The van der Waals surface area contributed by atoms with Crippen LogP contribution in [-0.4, -0.2) is 18.3 Å². The molecule has 1 aliphatic heterocycles. The van der Waals surface area contributed by atoms with Crippen LogP contribution in [-0.2, 0) is 0 Å². The first-order chi connectivity index (χ1) is 10.1. The van der Waals surface area contributed by atoms with Gasteiger partial charge in [-0.1, -0.05) is 23.7 Å². The van der Waals surface area contributed by atoms with Gasteiger partial charge in [-0.25, -0.2) is 4.39 Å². The fourth-order valence-corrected chi connectivity index (χ4v) is 2.41. The predicted molar refractivity (Wildman–Crippen MR) is 77.5 cm³/mol. The topological polar surface area (TPSA) is 38.7 Å². The molecule has 5 heteroatoms. The molecular weight excluding hydrogens is 295 g/mol. The molecule has 0 aliphatic carbocycles. The Morgan fingerprint density at radius 1 is 1.05 bits per heavy atom. The Labute approximate surface area is 126 Å². The summed E-state index contributed by atoms with van der Waals surface area (Å²) in [6.07, 6.45) is -0.280. The summed E-state index contributed by atoms with van der Waals surface area (Å²) in [7, 11) is 0. The molecule has 0 bridgehead atoms. The van der Waals surface area contributed by atoms with Gasteiger partial charge in [-0.15, -0.1) is 0 Å². The number of hydrogen-bond acceptors (Lipinski definition) is 3. The molecule has 0 spiro atoms. The maximum atomic E-state index is 13.9. The van der Waals surface area contributed by atoms with Gasteiger partial charge in [0.2, 0.25) is 0 Å². The molecule has 3 rings (SSSR count). The third-order valence-electron chi connectivity index (χ3n) is 3.34. The highest BCUT2D eigenvalue weighted by molar-refractivity contribution is 6.30. The van der Waals surface area contributed by atoms with Gasteiger partial charge in [0, 0.05) is 17.0 Å². The molecule has 0 radical (unpaired) electrons. The molecule has 1 atom stereocenters. The van der Waals surface area contributed by atoms with Crippen molar-refractivity contribution in [2.45, 2.75) is 12.5 Å². The average Bonchev–Trinajstić information content (AvgIpc) is 2.71. The van der Waals surface area contributed by atoms with Crippen LogP contribution < -0.4 is 9.47 Å². The van der Waals surface area contributed by atoms with Crippen LogP contribution in [0.2, 0.25) is 5.02 Å². The summed E-state index contributed by atoms with van der Waals surface area (Å²) in [4.78, 5) is 0. The van der Waals surface area contributed by atoms with Gasteiger partial charge >= 0.3 is 0 Å². The van der Waals surface area contributed by atoms with E-state index in [1.807, 2.05) is 0 Å². The van der Waals surface area contributed by atoms with Crippen LogP contribution in [0.25, 0.3) is 0 Å². The largest absolute Gasteiger partial charge is 0.490 e. The van der Waals surface area contributed by atoms with E-state index in [2.05, 4.69) is 0 Å². The molecule has 1 unspecified atom stereocenters. The van der Waals surface area contributed by atoms with E-state index in [9.17, 15) is 9.50 Å². The maximum absolute atomic E-state index is 13.9. The molecule has 110 valence electrons. The minimum atomic E-state index is -1.08. The van der Waals surface area contributed by atoms with E-state index in [4.69, 9.17) is 21.1 Å². The standard InChI is InChI=1S/C16H14ClFO3/c17-11-3-4-12(13(18)9-11)16(19)10-2-5-14-15(8-10)21-7-1-6-20-14/h2-5,8-9,16,19H,1,6-7H2. The van der Waals surface area contributed by atoms with Crippen molar-refractivity contribution in [1.82, 2.24) is 0 Å². The zero-order valence-corrected chi connectivity index (χ0v) is 11.9. The Kier molecular flexibility index (Phi) is 3.99. The molecule has 1 heterocycles. The molecule has 0 fully saturated rings. The van der Waals surface area contributed by atoms with Crippen molar-refractivity contribution in [3.05, 3.63) is 58.4 Å². The van der Waals surface area contributed by atoms with E-state index in [1.165, 1.54) is 12.1 Å². The molecule has 0 saturated heterocycles. The Hall–Kier alpha value is -1.78. The molecule has 1 aliphatic rings. The molecule has 0 aromatic heterocycles. The normalized spacial score (nSPS) is 15.4. The van der Waals surface area contributed by atoms with E-state index in [0.29, 0.717) is 35.3 Å². The first-order valence-electron chi connectivity index (χ1n) is 6.68. The number of aliphatic hydroxyl groups is 1. The number of ether oxygens (including phenoxy) is 2.